The highest BCUT2D eigenvalue weighted by Crippen LogP contribution is 2.26. The van der Waals surface area contributed by atoms with Crippen molar-refractivity contribution in [3.05, 3.63) is 35.9 Å². The van der Waals surface area contributed by atoms with Crippen molar-refractivity contribution in [2.45, 2.75) is 12.5 Å². The average molecular weight is 163 g/mol. The van der Waals surface area contributed by atoms with Crippen molar-refractivity contribution in [1.29, 1.82) is 0 Å². The van der Waals surface area contributed by atoms with Crippen LogP contribution in [0.5, 0.6) is 0 Å². The fourth-order valence-electron chi connectivity index (χ4n) is 1.52. The SMILES string of the molecule is CN1CC[C@@H](c2ccccc2)O1. The molecule has 1 aromatic rings. The van der Waals surface area contributed by atoms with Crippen LogP contribution in [0.3, 0.4) is 0 Å². The molecule has 0 amide bonds. The van der Waals surface area contributed by atoms with Gasteiger partial charge in [0.15, 0.2) is 0 Å². The Morgan fingerprint density at radius 3 is 2.67 bits per heavy atom. The predicted molar refractivity (Wildman–Crippen MR) is 47.5 cm³/mol. The van der Waals surface area contributed by atoms with E-state index in [4.69, 9.17) is 4.84 Å². The topological polar surface area (TPSA) is 12.5 Å². The van der Waals surface area contributed by atoms with E-state index in [-0.39, 0.29) is 6.10 Å². The molecule has 12 heavy (non-hydrogen) atoms. The van der Waals surface area contributed by atoms with Gasteiger partial charge < -0.3 is 0 Å². The predicted octanol–water partition coefficient (Wildman–Crippen LogP) is 1.99. The van der Waals surface area contributed by atoms with Crippen LogP contribution in [0, 0.1) is 0 Å². The Balaban J connectivity index is 2.11. The van der Waals surface area contributed by atoms with E-state index in [1.807, 2.05) is 18.2 Å². The Morgan fingerprint density at radius 1 is 1.33 bits per heavy atom. The molecular formula is C10H13NO. The average Bonchev–Trinajstić information content (AvgIpc) is 2.54. The molecule has 0 aliphatic carbocycles. The molecule has 2 rings (SSSR count). The summed E-state index contributed by atoms with van der Waals surface area (Å²) in [7, 11) is 1.98. The molecule has 0 unspecified atom stereocenters. The van der Waals surface area contributed by atoms with E-state index in [1.54, 1.807) is 0 Å². The molecule has 2 nitrogen and oxygen atoms in total. The van der Waals surface area contributed by atoms with Crippen molar-refractivity contribution in [2.24, 2.45) is 0 Å². The van der Waals surface area contributed by atoms with Crippen LogP contribution < -0.4 is 0 Å². The van der Waals surface area contributed by atoms with Crippen LogP contribution in [-0.4, -0.2) is 18.7 Å². The summed E-state index contributed by atoms with van der Waals surface area (Å²) in [4.78, 5) is 5.58. The maximum absolute atomic E-state index is 5.58. The maximum Gasteiger partial charge on any atom is 0.106 e. The maximum atomic E-state index is 5.58. The number of rotatable bonds is 1. The zero-order valence-corrected chi connectivity index (χ0v) is 7.23. The molecule has 0 spiro atoms. The molecule has 0 N–H and O–H groups in total. The molecule has 1 heterocycles. The molecule has 0 bridgehead atoms. The van der Waals surface area contributed by atoms with Gasteiger partial charge in [-0.3, -0.25) is 4.84 Å². The van der Waals surface area contributed by atoms with Crippen molar-refractivity contribution >= 4 is 0 Å². The Hall–Kier alpha value is -0.860. The van der Waals surface area contributed by atoms with Gasteiger partial charge in [-0.25, -0.2) is 0 Å². The molecule has 1 atom stereocenters. The van der Waals surface area contributed by atoms with Crippen LogP contribution in [0.25, 0.3) is 0 Å². The van der Waals surface area contributed by atoms with Gasteiger partial charge in [0.05, 0.1) is 0 Å². The first-order chi connectivity index (χ1) is 5.86. The van der Waals surface area contributed by atoms with Crippen LogP contribution in [0.4, 0.5) is 0 Å². The van der Waals surface area contributed by atoms with Crippen LogP contribution in [0.15, 0.2) is 30.3 Å². The van der Waals surface area contributed by atoms with Gasteiger partial charge in [-0.2, -0.15) is 5.06 Å². The molecular weight excluding hydrogens is 150 g/mol. The summed E-state index contributed by atoms with van der Waals surface area (Å²) in [5.74, 6) is 0. The van der Waals surface area contributed by atoms with E-state index in [2.05, 4.69) is 24.3 Å². The minimum Gasteiger partial charge on any atom is -0.291 e. The summed E-state index contributed by atoms with van der Waals surface area (Å²) in [6.07, 6.45) is 1.37. The molecule has 2 heteroatoms. The number of benzene rings is 1. The highest BCUT2D eigenvalue weighted by atomic mass is 16.7. The Bertz CT molecular complexity index is 247. The zero-order chi connectivity index (χ0) is 8.39. The van der Waals surface area contributed by atoms with Gasteiger partial charge in [0.1, 0.15) is 6.10 Å². The summed E-state index contributed by atoms with van der Waals surface area (Å²) in [6.45, 7) is 1.03. The Morgan fingerprint density at radius 2 is 2.08 bits per heavy atom. The van der Waals surface area contributed by atoms with Gasteiger partial charge in [-0.1, -0.05) is 30.3 Å². The van der Waals surface area contributed by atoms with Crippen molar-refractivity contribution < 1.29 is 4.84 Å². The largest absolute Gasteiger partial charge is 0.291 e. The summed E-state index contributed by atoms with van der Waals surface area (Å²) < 4.78 is 0. The van der Waals surface area contributed by atoms with Gasteiger partial charge in [0.2, 0.25) is 0 Å². The van der Waals surface area contributed by atoms with Crippen molar-refractivity contribution in [3.8, 4) is 0 Å². The fourth-order valence-corrected chi connectivity index (χ4v) is 1.52. The van der Waals surface area contributed by atoms with Crippen LogP contribution in [0.2, 0.25) is 0 Å². The molecule has 64 valence electrons. The normalized spacial score (nSPS) is 24.6. The summed E-state index contributed by atoms with van der Waals surface area (Å²) in [5.41, 5.74) is 1.28. The third-order valence-electron chi connectivity index (χ3n) is 2.18. The second-order valence-corrected chi connectivity index (χ2v) is 3.14. The molecule has 1 aromatic carbocycles. The second-order valence-electron chi connectivity index (χ2n) is 3.14. The van der Waals surface area contributed by atoms with Crippen LogP contribution >= 0.6 is 0 Å². The van der Waals surface area contributed by atoms with Crippen LogP contribution in [-0.2, 0) is 4.84 Å². The van der Waals surface area contributed by atoms with Crippen molar-refractivity contribution in [1.82, 2.24) is 5.06 Å². The minimum atomic E-state index is 0.274. The molecule has 0 saturated carbocycles. The summed E-state index contributed by atoms with van der Waals surface area (Å²) in [6, 6.07) is 10.4. The second kappa shape index (κ2) is 3.25. The Kier molecular flexibility index (Phi) is 2.11. The highest BCUT2D eigenvalue weighted by molar-refractivity contribution is 5.17. The zero-order valence-electron chi connectivity index (χ0n) is 7.23. The van der Waals surface area contributed by atoms with Gasteiger partial charge in [0.25, 0.3) is 0 Å². The summed E-state index contributed by atoms with van der Waals surface area (Å²) in [5, 5.41) is 1.90. The standard InChI is InChI=1S/C10H13NO/c1-11-8-7-10(12-11)9-5-3-2-4-6-9/h2-6,10H,7-8H2,1H3/t10-/m0/s1. The molecule has 1 saturated heterocycles. The van der Waals surface area contributed by atoms with Crippen LogP contribution in [0.1, 0.15) is 18.1 Å². The number of hydroxylamine groups is 2. The van der Waals surface area contributed by atoms with E-state index >= 15 is 0 Å². The number of nitrogens with zero attached hydrogens (tertiary/aromatic N) is 1. The molecule has 0 aromatic heterocycles. The third-order valence-corrected chi connectivity index (χ3v) is 2.18. The lowest BCUT2D eigenvalue weighted by atomic mass is 10.1. The number of hydrogen-bond acceptors (Lipinski definition) is 2. The monoisotopic (exact) mass is 163 g/mol. The van der Waals surface area contributed by atoms with Gasteiger partial charge >= 0.3 is 0 Å². The highest BCUT2D eigenvalue weighted by Gasteiger charge is 2.21. The van der Waals surface area contributed by atoms with Gasteiger partial charge in [-0.15, -0.1) is 0 Å². The van der Waals surface area contributed by atoms with Gasteiger partial charge in [0, 0.05) is 13.6 Å². The first-order valence-corrected chi connectivity index (χ1v) is 4.29. The first-order valence-electron chi connectivity index (χ1n) is 4.29. The Labute approximate surface area is 72.7 Å². The molecule has 1 fully saturated rings. The number of hydrogen-bond donors (Lipinski definition) is 0. The summed E-state index contributed by atoms with van der Waals surface area (Å²) >= 11 is 0. The lowest BCUT2D eigenvalue weighted by molar-refractivity contribution is -0.128. The van der Waals surface area contributed by atoms with E-state index in [0.717, 1.165) is 13.0 Å². The molecule has 1 aliphatic rings. The first kappa shape index (κ1) is 7.77. The van der Waals surface area contributed by atoms with Gasteiger partial charge in [-0.05, 0) is 12.0 Å². The van der Waals surface area contributed by atoms with E-state index in [9.17, 15) is 0 Å². The minimum absolute atomic E-state index is 0.274. The van der Waals surface area contributed by atoms with E-state index in [0.29, 0.717) is 0 Å². The van der Waals surface area contributed by atoms with E-state index < -0.39 is 0 Å². The third kappa shape index (κ3) is 1.49. The molecule has 1 aliphatic heterocycles. The smallest absolute Gasteiger partial charge is 0.106 e. The van der Waals surface area contributed by atoms with Crippen molar-refractivity contribution in [2.75, 3.05) is 13.6 Å². The molecule has 0 radical (unpaired) electrons. The van der Waals surface area contributed by atoms with Crippen molar-refractivity contribution in [3.63, 3.8) is 0 Å². The quantitative estimate of drug-likeness (QED) is 0.627. The lowest BCUT2D eigenvalue weighted by Crippen LogP contribution is -2.10. The lowest BCUT2D eigenvalue weighted by Gasteiger charge is -2.10. The van der Waals surface area contributed by atoms with E-state index in [1.165, 1.54) is 5.56 Å². The fraction of sp³-hybridized carbons (Fsp3) is 0.400.